The first-order chi connectivity index (χ1) is 5.68. The van der Waals surface area contributed by atoms with Crippen LogP contribution in [0.15, 0.2) is 18.2 Å². The van der Waals surface area contributed by atoms with E-state index in [0.717, 1.165) is 10.2 Å². The van der Waals surface area contributed by atoms with Crippen LogP contribution in [-0.4, -0.2) is 4.57 Å². The van der Waals surface area contributed by atoms with Crippen molar-refractivity contribution in [2.75, 3.05) is 0 Å². The summed E-state index contributed by atoms with van der Waals surface area (Å²) in [5.41, 5.74) is 0.909. The van der Waals surface area contributed by atoms with E-state index in [1.807, 2.05) is 0 Å². The molecule has 0 saturated heterocycles. The molecule has 0 aliphatic heterocycles. The van der Waals surface area contributed by atoms with E-state index in [1.165, 1.54) is 23.5 Å². The number of nitrogens with zero attached hydrogens (tertiary/aromatic N) is 1. The molecule has 1 N–H and O–H groups in total. The standard InChI is InChI=1S/C8H7FN2S/c1-11-6-3-2-5(9)4-7(6)12-8(11)10/h2-4,10H,1H3. The maximum atomic E-state index is 12.7. The van der Waals surface area contributed by atoms with Gasteiger partial charge in [0.15, 0.2) is 4.80 Å². The van der Waals surface area contributed by atoms with E-state index in [4.69, 9.17) is 5.41 Å². The second-order valence-electron chi connectivity index (χ2n) is 2.58. The van der Waals surface area contributed by atoms with Gasteiger partial charge in [-0.1, -0.05) is 11.3 Å². The third kappa shape index (κ3) is 0.956. The Hall–Kier alpha value is -1.16. The van der Waals surface area contributed by atoms with Crippen molar-refractivity contribution in [3.05, 3.63) is 28.8 Å². The lowest BCUT2D eigenvalue weighted by molar-refractivity contribution is 0.629. The third-order valence-electron chi connectivity index (χ3n) is 1.79. The number of fused-ring (bicyclic) bond motifs is 1. The van der Waals surface area contributed by atoms with E-state index in [2.05, 4.69) is 0 Å². The Morgan fingerprint density at radius 2 is 2.25 bits per heavy atom. The minimum Gasteiger partial charge on any atom is -0.320 e. The van der Waals surface area contributed by atoms with Crippen molar-refractivity contribution in [3.8, 4) is 0 Å². The average molecular weight is 182 g/mol. The van der Waals surface area contributed by atoms with Gasteiger partial charge in [-0.15, -0.1) is 0 Å². The molecular formula is C8H7FN2S. The van der Waals surface area contributed by atoms with E-state index < -0.39 is 0 Å². The number of hydrogen-bond acceptors (Lipinski definition) is 2. The number of aryl methyl sites for hydroxylation is 1. The van der Waals surface area contributed by atoms with Crippen molar-refractivity contribution in [3.63, 3.8) is 0 Å². The summed E-state index contributed by atoms with van der Waals surface area (Å²) in [6, 6.07) is 4.56. The average Bonchev–Trinajstić information content (AvgIpc) is 2.28. The highest BCUT2D eigenvalue weighted by Gasteiger charge is 2.01. The lowest BCUT2D eigenvalue weighted by Gasteiger charge is -1.92. The van der Waals surface area contributed by atoms with Crippen molar-refractivity contribution in [2.45, 2.75) is 0 Å². The molecule has 0 bridgehead atoms. The Morgan fingerprint density at radius 1 is 1.50 bits per heavy atom. The zero-order chi connectivity index (χ0) is 8.72. The molecule has 1 heterocycles. The molecule has 0 aliphatic carbocycles. The molecule has 2 nitrogen and oxygen atoms in total. The predicted molar refractivity (Wildman–Crippen MR) is 46.6 cm³/mol. The fourth-order valence-corrected chi connectivity index (χ4v) is 2.05. The van der Waals surface area contributed by atoms with Crippen LogP contribution < -0.4 is 4.80 Å². The van der Waals surface area contributed by atoms with Gasteiger partial charge in [0.05, 0.1) is 10.2 Å². The monoisotopic (exact) mass is 182 g/mol. The number of rotatable bonds is 0. The van der Waals surface area contributed by atoms with Gasteiger partial charge in [0.2, 0.25) is 0 Å². The molecule has 4 heteroatoms. The minimum absolute atomic E-state index is 0.246. The quantitative estimate of drug-likeness (QED) is 0.644. The molecule has 1 aromatic carbocycles. The van der Waals surface area contributed by atoms with Crippen LogP contribution in [0.2, 0.25) is 0 Å². The van der Waals surface area contributed by atoms with Gasteiger partial charge in [0.1, 0.15) is 5.82 Å². The van der Waals surface area contributed by atoms with Gasteiger partial charge >= 0.3 is 0 Å². The summed E-state index contributed by atoms with van der Waals surface area (Å²) in [5, 5.41) is 7.48. The van der Waals surface area contributed by atoms with Gasteiger partial charge in [-0.2, -0.15) is 0 Å². The maximum Gasteiger partial charge on any atom is 0.182 e. The number of hydrogen-bond donors (Lipinski definition) is 1. The largest absolute Gasteiger partial charge is 0.320 e. The molecule has 0 amide bonds. The predicted octanol–water partition coefficient (Wildman–Crippen LogP) is 1.86. The first-order valence-corrected chi connectivity index (χ1v) is 4.30. The molecule has 62 valence electrons. The van der Waals surface area contributed by atoms with Gasteiger partial charge in [0.25, 0.3) is 0 Å². The Morgan fingerprint density at radius 3 is 3.00 bits per heavy atom. The minimum atomic E-state index is -0.246. The summed E-state index contributed by atoms with van der Waals surface area (Å²) < 4.78 is 15.3. The summed E-state index contributed by atoms with van der Waals surface area (Å²) in [5.74, 6) is -0.246. The van der Waals surface area contributed by atoms with Gasteiger partial charge < -0.3 is 4.57 Å². The normalized spacial score (nSPS) is 10.8. The Balaban J connectivity index is 2.96. The van der Waals surface area contributed by atoms with E-state index in [-0.39, 0.29) is 5.82 Å². The highest BCUT2D eigenvalue weighted by Crippen LogP contribution is 2.16. The van der Waals surface area contributed by atoms with Crippen LogP contribution in [0.3, 0.4) is 0 Å². The molecule has 0 atom stereocenters. The Kier molecular flexibility index (Phi) is 1.51. The summed E-state index contributed by atoms with van der Waals surface area (Å²) in [6.07, 6.45) is 0. The lowest BCUT2D eigenvalue weighted by Crippen LogP contribution is -2.06. The SMILES string of the molecule is Cn1c(=N)sc2cc(F)ccc21. The van der Waals surface area contributed by atoms with E-state index in [9.17, 15) is 4.39 Å². The van der Waals surface area contributed by atoms with E-state index in [1.54, 1.807) is 17.7 Å². The fourth-order valence-electron chi connectivity index (χ4n) is 1.13. The highest BCUT2D eigenvalue weighted by atomic mass is 32.1. The van der Waals surface area contributed by atoms with Gasteiger partial charge in [0, 0.05) is 7.05 Å². The topological polar surface area (TPSA) is 28.8 Å². The molecule has 0 saturated carbocycles. The first-order valence-electron chi connectivity index (χ1n) is 3.48. The third-order valence-corrected chi connectivity index (χ3v) is 2.81. The molecule has 12 heavy (non-hydrogen) atoms. The van der Waals surface area contributed by atoms with Crippen LogP contribution in [0.1, 0.15) is 0 Å². The highest BCUT2D eigenvalue weighted by molar-refractivity contribution is 7.16. The van der Waals surface area contributed by atoms with E-state index in [0.29, 0.717) is 4.80 Å². The van der Waals surface area contributed by atoms with E-state index >= 15 is 0 Å². The smallest absolute Gasteiger partial charge is 0.182 e. The molecule has 1 aromatic heterocycles. The summed E-state index contributed by atoms with van der Waals surface area (Å²) in [6.45, 7) is 0. The van der Waals surface area contributed by atoms with Gasteiger partial charge in [-0.05, 0) is 18.2 Å². The second kappa shape index (κ2) is 2.42. The first kappa shape index (κ1) is 7.49. The van der Waals surface area contributed by atoms with Crippen molar-refractivity contribution >= 4 is 21.6 Å². The molecule has 0 unspecified atom stereocenters. The molecular weight excluding hydrogens is 175 g/mol. The van der Waals surface area contributed by atoms with Crippen molar-refractivity contribution < 1.29 is 4.39 Å². The molecule has 2 aromatic rings. The zero-order valence-corrected chi connectivity index (χ0v) is 7.28. The van der Waals surface area contributed by atoms with Crippen molar-refractivity contribution in [1.29, 1.82) is 5.41 Å². The molecule has 0 fully saturated rings. The van der Waals surface area contributed by atoms with Gasteiger partial charge in [-0.3, -0.25) is 5.41 Å². The molecule has 0 radical (unpaired) electrons. The van der Waals surface area contributed by atoms with Crippen LogP contribution in [0.25, 0.3) is 10.2 Å². The number of halogens is 1. The summed E-state index contributed by atoms with van der Waals surface area (Å²) in [7, 11) is 1.80. The maximum absolute atomic E-state index is 12.7. The Bertz CT molecular complexity index is 483. The molecule has 2 rings (SSSR count). The van der Waals surface area contributed by atoms with Crippen molar-refractivity contribution in [1.82, 2.24) is 4.57 Å². The second-order valence-corrected chi connectivity index (χ2v) is 3.61. The number of aromatic nitrogens is 1. The molecule has 0 aliphatic rings. The summed E-state index contributed by atoms with van der Waals surface area (Å²) in [4.78, 5) is 0.440. The molecule has 0 spiro atoms. The number of thiazole rings is 1. The fraction of sp³-hybridized carbons (Fsp3) is 0.125. The van der Waals surface area contributed by atoms with Crippen LogP contribution in [0.4, 0.5) is 4.39 Å². The zero-order valence-electron chi connectivity index (χ0n) is 6.47. The van der Waals surface area contributed by atoms with Crippen LogP contribution in [0.5, 0.6) is 0 Å². The summed E-state index contributed by atoms with van der Waals surface area (Å²) >= 11 is 1.28. The van der Waals surface area contributed by atoms with Crippen LogP contribution in [-0.2, 0) is 7.05 Å². The Labute approximate surface area is 72.4 Å². The van der Waals surface area contributed by atoms with Crippen LogP contribution >= 0.6 is 11.3 Å². The number of nitrogens with one attached hydrogen (secondary N) is 1. The van der Waals surface area contributed by atoms with Crippen LogP contribution in [0, 0.1) is 11.2 Å². The van der Waals surface area contributed by atoms with Gasteiger partial charge in [-0.25, -0.2) is 4.39 Å². The lowest BCUT2D eigenvalue weighted by atomic mass is 10.3. The number of benzene rings is 1. The van der Waals surface area contributed by atoms with Crippen molar-refractivity contribution in [2.24, 2.45) is 7.05 Å².